The molecular formula is C23H28N4O6S. The molecule has 1 aliphatic heterocycles. The molecule has 3 rings (SSSR count). The number of piperidine rings is 1. The van der Waals surface area contributed by atoms with Crippen molar-refractivity contribution >= 4 is 28.1 Å². The maximum Gasteiger partial charge on any atom is 0.259 e. The van der Waals surface area contributed by atoms with E-state index in [9.17, 15) is 18.0 Å². The zero-order valence-electron chi connectivity index (χ0n) is 19.1. The van der Waals surface area contributed by atoms with Gasteiger partial charge < -0.3 is 14.8 Å². The van der Waals surface area contributed by atoms with E-state index in [1.807, 2.05) is 0 Å². The number of ether oxygens (including phenoxy) is 2. The number of nitrogens with one attached hydrogen (secondary N) is 2. The molecule has 10 nitrogen and oxygen atoms in total. The van der Waals surface area contributed by atoms with Gasteiger partial charge in [0.1, 0.15) is 11.5 Å². The second-order valence-corrected chi connectivity index (χ2v) is 9.51. The summed E-state index contributed by atoms with van der Waals surface area (Å²) < 4.78 is 37.3. The molecule has 1 aliphatic rings. The highest BCUT2D eigenvalue weighted by Gasteiger charge is 2.25. The summed E-state index contributed by atoms with van der Waals surface area (Å²) in [5, 5.41) is 6.35. The predicted octanol–water partition coefficient (Wildman–Crippen LogP) is 1.76. The third kappa shape index (κ3) is 6.33. The third-order valence-corrected chi connectivity index (χ3v) is 7.23. The van der Waals surface area contributed by atoms with E-state index in [-0.39, 0.29) is 17.0 Å². The van der Waals surface area contributed by atoms with Crippen LogP contribution in [0.3, 0.4) is 0 Å². The molecular weight excluding hydrogens is 460 g/mol. The van der Waals surface area contributed by atoms with Crippen molar-refractivity contribution in [2.24, 2.45) is 5.10 Å². The van der Waals surface area contributed by atoms with Gasteiger partial charge in [-0.15, -0.1) is 0 Å². The van der Waals surface area contributed by atoms with Crippen LogP contribution in [-0.2, 0) is 14.8 Å². The average molecular weight is 489 g/mol. The number of rotatable bonds is 9. The fourth-order valence-corrected chi connectivity index (χ4v) is 4.95. The van der Waals surface area contributed by atoms with Gasteiger partial charge in [-0.25, -0.2) is 13.8 Å². The summed E-state index contributed by atoms with van der Waals surface area (Å²) in [6.07, 6.45) is 4.14. The number of hydrogen-bond donors (Lipinski definition) is 2. The molecule has 1 heterocycles. The minimum absolute atomic E-state index is 0.145. The maximum absolute atomic E-state index is 12.7. The van der Waals surface area contributed by atoms with E-state index in [2.05, 4.69) is 15.8 Å². The van der Waals surface area contributed by atoms with Gasteiger partial charge >= 0.3 is 0 Å². The number of benzene rings is 2. The molecule has 0 unspecified atom stereocenters. The van der Waals surface area contributed by atoms with E-state index in [1.54, 1.807) is 25.3 Å². The summed E-state index contributed by atoms with van der Waals surface area (Å²) in [5.41, 5.74) is 3.21. The van der Waals surface area contributed by atoms with Crippen molar-refractivity contribution in [3.05, 3.63) is 53.6 Å². The fourth-order valence-electron chi connectivity index (χ4n) is 3.43. The monoisotopic (exact) mass is 488 g/mol. The summed E-state index contributed by atoms with van der Waals surface area (Å²) in [6.45, 7) is 0.713. The van der Waals surface area contributed by atoms with Gasteiger partial charge in [0.15, 0.2) is 0 Å². The largest absolute Gasteiger partial charge is 0.497 e. The first-order chi connectivity index (χ1) is 16.3. The number of hydrogen-bond acceptors (Lipinski definition) is 7. The Balaban J connectivity index is 1.51. The molecule has 0 radical (unpaired) electrons. The first kappa shape index (κ1) is 25.2. The van der Waals surface area contributed by atoms with E-state index < -0.39 is 21.8 Å². The summed E-state index contributed by atoms with van der Waals surface area (Å²) >= 11 is 0. The topological polar surface area (TPSA) is 126 Å². The Labute approximate surface area is 199 Å². The number of nitrogens with zero attached hydrogens (tertiary/aromatic N) is 2. The number of methoxy groups -OCH3 is 2. The van der Waals surface area contributed by atoms with Gasteiger partial charge in [-0.3, -0.25) is 9.59 Å². The van der Waals surface area contributed by atoms with Crippen LogP contribution < -0.4 is 20.2 Å². The van der Waals surface area contributed by atoms with Crippen molar-refractivity contribution in [1.82, 2.24) is 15.0 Å². The van der Waals surface area contributed by atoms with Crippen molar-refractivity contribution in [3.63, 3.8) is 0 Å². The Kier molecular flexibility index (Phi) is 8.61. The van der Waals surface area contributed by atoms with E-state index in [0.717, 1.165) is 19.3 Å². The molecule has 0 bridgehead atoms. The summed E-state index contributed by atoms with van der Waals surface area (Å²) in [4.78, 5) is 24.5. The Hall–Kier alpha value is -3.44. The second kappa shape index (κ2) is 11.6. The molecule has 0 spiro atoms. The number of hydrazone groups is 1. The maximum atomic E-state index is 12.7. The van der Waals surface area contributed by atoms with Gasteiger partial charge in [-0.2, -0.15) is 9.41 Å². The lowest BCUT2D eigenvalue weighted by molar-refractivity contribution is -0.120. The van der Waals surface area contributed by atoms with Crippen LogP contribution in [0, 0.1) is 0 Å². The Bertz CT molecular complexity index is 1140. The van der Waals surface area contributed by atoms with Crippen LogP contribution in [0.4, 0.5) is 0 Å². The fraction of sp³-hybridized carbons (Fsp3) is 0.348. The molecule has 1 fully saturated rings. The molecule has 2 amide bonds. The standard InChI is InChI=1S/C23H28N4O6S/c1-32-19-9-6-18(21(14-19)33-2)15-25-26-22(28)16-24-23(29)17-7-10-20(11-8-17)34(30,31)27-12-4-3-5-13-27/h6-11,14-15H,3-5,12-13,16H2,1-2H3,(H,24,29)(H,26,28)/b25-15+. The molecule has 11 heteroatoms. The van der Waals surface area contributed by atoms with E-state index >= 15 is 0 Å². The van der Waals surface area contributed by atoms with Crippen LogP contribution in [0.1, 0.15) is 35.2 Å². The Morgan fingerprint density at radius 2 is 1.74 bits per heavy atom. The van der Waals surface area contributed by atoms with Crippen molar-refractivity contribution in [2.75, 3.05) is 33.9 Å². The van der Waals surface area contributed by atoms with Gasteiger partial charge in [-0.05, 0) is 49.2 Å². The molecule has 2 aromatic rings. The van der Waals surface area contributed by atoms with Gasteiger partial charge in [0.2, 0.25) is 10.0 Å². The third-order valence-electron chi connectivity index (χ3n) is 5.31. The zero-order chi connectivity index (χ0) is 24.6. The van der Waals surface area contributed by atoms with Crippen molar-refractivity contribution in [2.45, 2.75) is 24.2 Å². The SMILES string of the molecule is COc1ccc(/C=N/NC(=O)CNC(=O)c2ccc(S(=O)(=O)N3CCCCC3)cc2)c(OC)c1. The number of amides is 2. The minimum atomic E-state index is -3.57. The lowest BCUT2D eigenvalue weighted by atomic mass is 10.2. The highest BCUT2D eigenvalue weighted by atomic mass is 32.2. The summed E-state index contributed by atoms with van der Waals surface area (Å²) in [5.74, 6) is 0.119. The predicted molar refractivity (Wildman–Crippen MR) is 127 cm³/mol. The van der Waals surface area contributed by atoms with Crippen molar-refractivity contribution in [1.29, 1.82) is 0 Å². The molecule has 0 aromatic heterocycles. The number of carbonyl (C=O) groups excluding carboxylic acids is 2. The molecule has 0 aliphatic carbocycles. The number of carbonyl (C=O) groups is 2. The summed E-state index contributed by atoms with van der Waals surface area (Å²) in [7, 11) is -0.512. The van der Waals surface area contributed by atoms with E-state index in [1.165, 1.54) is 41.9 Å². The highest BCUT2D eigenvalue weighted by Crippen LogP contribution is 2.23. The van der Waals surface area contributed by atoms with Crippen LogP contribution in [0.5, 0.6) is 11.5 Å². The first-order valence-corrected chi connectivity index (χ1v) is 12.2. The second-order valence-electron chi connectivity index (χ2n) is 7.57. The molecule has 34 heavy (non-hydrogen) atoms. The number of sulfonamides is 1. The Morgan fingerprint density at radius 3 is 2.38 bits per heavy atom. The average Bonchev–Trinajstić information content (AvgIpc) is 2.88. The molecule has 0 saturated carbocycles. The summed E-state index contributed by atoms with van der Waals surface area (Å²) in [6, 6.07) is 10.8. The van der Waals surface area contributed by atoms with E-state index in [0.29, 0.717) is 30.2 Å². The Morgan fingerprint density at radius 1 is 1.03 bits per heavy atom. The van der Waals surface area contributed by atoms with E-state index in [4.69, 9.17) is 9.47 Å². The molecule has 2 aromatic carbocycles. The first-order valence-electron chi connectivity index (χ1n) is 10.8. The van der Waals surface area contributed by atoms with Crippen LogP contribution in [-0.4, -0.2) is 64.6 Å². The molecule has 0 atom stereocenters. The van der Waals surface area contributed by atoms with Crippen LogP contribution >= 0.6 is 0 Å². The minimum Gasteiger partial charge on any atom is -0.497 e. The van der Waals surface area contributed by atoms with Gasteiger partial charge in [0.25, 0.3) is 11.8 Å². The zero-order valence-corrected chi connectivity index (χ0v) is 19.9. The molecule has 182 valence electrons. The van der Waals surface area contributed by atoms with Crippen molar-refractivity contribution in [3.8, 4) is 11.5 Å². The lowest BCUT2D eigenvalue weighted by Crippen LogP contribution is -2.36. The lowest BCUT2D eigenvalue weighted by Gasteiger charge is -2.25. The highest BCUT2D eigenvalue weighted by molar-refractivity contribution is 7.89. The van der Waals surface area contributed by atoms with Crippen LogP contribution in [0.2, 0.25) is 0 Å². The van der Waals surface area contributed by atoms with Crippen molar-refractivity contribution < 1.29 is 27.5 Å². The molecule has 1 saturated heterocycles. The molecule has 2 N–H and O–H groups in total. The van der Waals surface area contributed by atoms with Gasteiger partial charge in [0, 0.05) is 30.3 Å². The van der Waals surface area contributed by atoms with Crippen LogP contribution in [0.15, 0.2) is 52.5 Å². The smallest absolute Gasteiger partial charge is 0.259 e. The van der Waals surface area contributed by atoms with Crippen LogP contribution in [0.25, 0.3) is 0 Å². The van der Waals surface area contributed by atoms with Gasteiger partial charge in [-0.1, -0.05) is 6.42 Å². The van der Waals surface area contributed by atoms with Gasteiger partial charge in [0.05, 0.1) is 31.9 Å². The quantitative estimate of drug-likeness (QED) is 0.409. The normalized spacial score (nSPS) is 14.5.